The number of rotatable bonds is 8. The molecule has 0 aromatic heterocycles. The lowest BCUT2D eigenvalue weighted by atomic mass is 9.91. The van der Waals surface area contributed by atoms with Crippen LogP contribution in [-0.4, -0.2) is 41.5 Å². The average molecular weight is 265 g/mol. The van der Waals surface area contributed by atoms with Crippen molar-refractivity contribution in [3.05, 3.63) is 30.3 Å². The Bertz CT molecular complexity index is 327. The summed E-state index contributed by atoms with van der Waals surface area (Å²) in [5.41, 5.74) is 0. The van der Waals surface area contributed by atoms with Crippen LogP contribution in [0.25, 0.3) is 0 Å². The maximum atomic E-state index is 8.96. The van der Waals surface area contributed by atoms with Crippen LogP contribution in [0.5, 0.6) is 0 Å². The third kappa shape index (κ3) is 4.30. The minimum absolute atomic E-state index is 0.315. The van der Waals surface area contributed by atoms with Gasteiger partial charge >= 0.3 is 0 Å². The van der Waals surface area contributed by atoms with Crippen molar-refractivity contribution in [1.29, 1.82) is 0 Å². The SMILES string of the molecule is OCCCN(CCSc1ccccc1)C1CCC1. The highest BCUT2D eigenvalue weighted by atomic mass is 32.2. The van der Waals surface area contributed by atoms with Gasteiger partial charge in [0.15, 0.2) is 0 Å². The molecule has 1 saturated carbocycles. The highest BCUT2D eigenvalue weighted by Crippen LogP contribution is 2.26. The fourth-order valence-electron chi connectivity index (χ4n) is 2.30. The Morgan fingerprint density at radius 3 is 2.56 bits per heavy atom. The molecule has 0 spiro atoms. The first-order valence-corrected chi connectivity index (χ1v) is 7.91. The number of hydrogen-bond donors (Lipinski definition) is 1. The second-order valence-electron chi connectivity index (χ2n) is 4.86. The summed E-state index contributed by atoms with van der Waals surface area (Å²) in [4.78, 5) is 3.92. The predicted octanol–water partition coefficient (Wildman–Crippen LogP) is 3.02. The van der Waals surface area contributed by atoms with Gasteiger partial charge in [0, 0.05) is 36.4 Å². The second-order valence-corrected chi connectivity index (χ2v) is 6.03. The molecule has 1 fully saturated rings. The number of aliphatic hydroxyl groups excluding tert-OH is 1. The summed E-state index contributed by atoms with van der Waals surface area (Å²) in [6, 6.07) is 11.4. The molecule has 1 N–H and O–H groups in total. The molecule has 1 aromatic rings. The minimum atomic E-state index is 0.315. The van der Waals surface area contributed by atoms with Gasteiger partial charge in [-0.15, -0.1) is 11.8 Å². The lowest BCUT2D eigenvalue weighted by molar-refractivity contribution is 0.124. The highest BCUT2D eigenvalue weighted by Gasteiger charge is 2.23. The second kappa shape index (κ2) is 7.82. The number of benzene rings is 1. The van der Waals surface area contributed by atoms with Crippen molar-refractivity contribution in [1.82, 2.24) is 4.90 Å². The molecular weight excluding hydrogens is 242 g/mol. The Labute approximate surface area is 114 Å². The van der Waals surface area contributed by atoms with Gasteiger partial charge < -0.3 is 5.11 Å². The molecule has 1 aromatic carbocycles. The van der Waals surface area contributed by atoms with Crippen LogP contribution in [0, 0.1) is 0 Å². The molecule has 1 aliphatic carbocycles. The van der Waals surface area contributed by atoms with Gasteiger partial charge in [0.2, 0.25) is 0 Å². The van der Waals surface area contributed by atoms with Gasteiger partial charge in [0.25, 0.3) is 0 Å². The van der Waals surface area contributed by atoms with Crippen LogP contribution in [0.15, 0.2) is 35.2 Å². The summed E-state index contributed by atoms with van der Waals surface area (Å²) in [5.74, 6) is 1.14. The van der Waals surface area contributed by atoms with Crippen molar-refractivity contribution in [3.63, 3.8) is 0 Å². The molecule has 0 radical (unpaired) electrons. The van der Waals surface area contributed by atoms with E-state index in [4.69, 9.17) is 5.11 Å². The molecule has 0 atom stereocenters. The smallest absolute Gasteiger partial charge is 0.0443 e. The zero-order chi connectivity index (χ0) is 12.6. The number of thioether (sulfide) groups is 1. The standard InChI is InChI=1S/C15H23NOS/c17-12-5-10-16(14-6-4-7-14)11-13-18-15-8-2-1-3-9-15/h1-3,8-9,14,17H,4-7,10-13H2. The van der Waals surface area contributed by atoms with Crippen LogP contribution in [0.3, 0.4) is 0 Å². The number of nitrogens with zero attached hydrogens (tertiary/aromatic N) is 1. The molecule has 2 rings (SSSR count). The molecule has 0 aliphatic heterocycles. The van der Waals surface area contributed by atoms with E-state index in [1.54, 1.807) is 0 Å². The summed E-state index contributed by atoms with van der Waals surface area (Å²) >= 11 is 1.93. The zero-order valence-corrected chi connectivity index (χ0v) is 11.7. The molecule has 0 amide bonds. The van der Waals surface area contributed by atoms with Crippen molar-refractivity contribution >= 4 is 11.8 Å². The van der Waals surface area contributed by atoms with Crippen molar-refractivity contribution in [3.8, 4) is 0 Å². The van der Waals surface area contributed by atoms with Crippen molar-refractivity contribution in [2.24, 2.45) is 0 Å². The van der Waals surface area contributed by atoms with Crippen molar-refractivity contribution in [2.75, 3.05) is 25.4 Å². The normalized spacial score (nSPS) is 15.9. The summed E-state index contributed by atoms with van der Waals surface area (Å²) in [5, 5.41) is 8.96. The molecular formula is C15H23NOS. The molecule has 1 aliphatic rings. The molecule has 0 unspecified atom stereocenters. The summed E-state index contributed by atoms with van der Waals surface area (Å²) in [6.07, 6.45) is 4.99. The maximum Gasteiger partial charge on any atom is 0.0443 e. The van der Waals surface area contributed by atoms with Gasteiger partial charge in [-0.1, -0.05) is 24.6 Å². The van der Waals surface area contributed by atoms with Crippen LogP contribution in [0.2, 0.25) is 0 Å². The molecule has 3 heteroatoms. The van der Waals surface area contributed by atoms with Crippen LogP contribution >= 0.6 is 11.8 Å². The molecule has 100 valence electrons. The van der Waals surface area contributed by atoms with Gasteiger partial charge in [-0.25, -0.2) is 0 Å². The fraction of sp³-hybridized carbons (Fsp3) is 0.600. The Morgan fingerprint density at radius 2 is 1.94 bits per heavy atom. The van der Waals surface area contributed by atoms with E-state index in [1.807, 2.05) is 11.8 Å². The summed E-state index contributed by atoms with van der Waals surface area (Å²) in [6.45, 7) is 2.51. The maximum absolute atomic E-state index is 8.96. The Balaban J connectivity index is 1.71. The first-order valence-electron chi connectivity index (χ1n) is 6.93. The van der Waals surface area contributed by atoms with Crippen LogP contribution in [-0.2, 0) is 0 Å². The number of aliphatic hydroxyl groups is 1. The van der Waals surface area contributed by atoms with E-state index in [2.05, 4.69) is 35.2 Å². The average Bonchev–Trinajstić information content (AvgIpc) is 2.35. The van der Waals surface area contributed by atoms with E-state index in [0.717, 1.165) is 31.3 Å². The van der Waals surface area contributed by atoms with Crippen LogP contribution in [0.4, 0.5) is 0 Å². The summed E-state index contributed by atoms with van der Waals surface area (Å²) < 4.78 is 0. The van der Waals surface area contributed by atoms with E-state index in [0.29, 0.717) is 6.61 Å². The lowest BCUT2D eigenvalue weighted by Crippen LogP contribution is -2.42. The van der Waals surface area contributed by atoms with Gasteiger partial charge in [0.05, 0.1) is 0 Å². The van der Waals surface area contributed by atoms with E-state index in [1.165, 1.54) is 24.2 Å². The largest absolute Gasteiger partial charge is 0.396 e. The van der Waals surface area contributed by atoms with Gasteiger partial charge in [-0.05, 0) is 31.4 Å². The van der Waals surface area contributed by atoms with Gasteiger partial charge in [-0.2, -0.15) is 0 Å². The predicted molar refractivity (Wildman–Crippen MR) is 78.1 cm³/mol. The van der Waals surface area contributed by atoms with E-state index in [9.17, 15) is 0 Å². The topological polar surface area (TPSA) is 23.5 Å². The Kier molecular flexibility index (Phi) is 6.05. The first-order chi connectivity index (χ1) is 8.90. The first kappa shape index (κ1) is 13.9. The molecule has 0 heterocycles. The zero-order valence-electron chi connectivity index (χ0n) is 10.9. The Hall–Kier alpha value is -0.510. The van der Waals surface area contributed by atoms with Crippen molar-refractivity contribution < 1.29 is 5.11 Å². The number of hydrogen-bond acceptors (Lipinski definition) is 3. The van der Waals surface area contributed by atoms with E-state index < -0.39 is 0 Å². The third-order valence-electron chi connectivity index (χ3n) is 3.58. The van der Waals surface area contributed by atoms with Gasteiger partial charge in [-0.3, -0.25) is 4.90 Å². The van der Waals surface area contributed by atoms with Crippen LogP contribution < -0.4 is 0 Å². The summed E-state index contributed by atoms with van der Waals surface area (Å²) in [7, 11) is 0. The molecule has 18 heavy (non-hydrogen) atoms. The van der Waals surface area contributed by atoms with Crippen LogP contribution in [0.1, 0.15) is 25.7 Å². The van der Waals surface area contributed by atoms with E-state index in [-0.39, 0.29) is 0 Å². The van der Waals surface area contributed by atoms with Gasteiger partial charge in [0.1, 0.15) is 0 Å². The molecule has 0 saturated heterocycles. The molecule has 2 nitrogen and oxygen atoms in total. The minimum Gasteiger partial charge on any atom is -0.396 e. The third-order valence-corrected chi connectivity index (χ3v) is 4.58. The Morgan fingerprint density at radius 1 is 1.17 bits per heavy atom. The molecule has 0 bridgehead atoms. The monoisotopic (exact) mass is 265 g/mol. The van der Waals surface area contributed by atoms with E-state index >= 15 is 0 Å². The lowest BCUT2D eigenvalue weighted by Gasteiger charge is -2.37. The quantitative estimate of drug-likeness (QED) is 0.731. The highest BCUT2D eigenvalue weighted by molar-refractivity contribution is 7.99. The fourth-order valence-corrected chi connectivity index (χ4v) is 3.21. The van der Waals surface area contributed by atoms with Crippen molar-refractivity contribution in [2.45, 2.75) is 36.6 Å².